The maximum atomic E-state index is 5.76. The molecule has 2 N–H and O–H groups in total. The Morgan fingerprint density at radius 2 is 2.12 bits per heavy atom. The molecule has 0 fully saturated rings. The van der Waals surface area contributed by atoms with Crippen molar-refractivity contribution in [2.24, 2.45) is 0 Å². The van der Waals surface area contributed by atoms with E-state index in [2.05, 4.69) is 31.7 Å². The number of aryl methyl sites for hydroxylation is 1. The van der Waals surface area contributed by atoms with E-state index in [9.17, 15) is 0 Å². The molecule has 1 aromatic carbocycles. The topological polar surface area (TPSA) is 38.5 Å². The van der Waals surface area contributed by atoms with Crippen LogP contribution in [-0.4, -0.2) is 26.3 Å². The van der Waals surface area contributed by atoms with E-state index >= 15 is 0 Å². The average molecular weight is 222 g/mol. The summed E-state index contributed by atoms with van der Waals surface area (Å²) in [4.78, 5) is 2.33. The zero-order valence-electron chi connectivity index (χ0n) is 10.7. The van der Waals surface area contributed by atoms with Gasteiger partial charge in [0.05, 0.1) is 6.61 Å². The zero-order chi connectivity index (χ0) is 12.1. The number of likely N-dealkylation sites (N-methyl/N-ethyl adjacent to an activating group) is 1. The predicted molar refractivity (Wildman–Crippen MR) is 69.9 cm³/mol. The Morgan fingerprint density at radius 1 is 1.44 bits per heavy atom. The predicted octanol–water partition coefficient (Wildman–Crippen LogP) is 2.44. The minimum atomic E-state index is 0.373. The van der Waals surface area contributed by atoms with Gasteiger partial charge in [-0.1, -0.05) is 0 Å². The van der Waals surface area contributed by atoms with Crippen molar-refractivity contribution < 1.29 is 4.74 Å². The molecule has 90 valence electrons. The fraction of sp³-hybridized carbons (Fsp3) is 0.538. The van der Waals surface area contributed by atoms with Crippen molar-refractivity contribution in [1.82, 2.24) is 0 Å². The summed E-state index contributed by atoms with van der Waals surface area (Å²) in [5.74, 6) is 0. The molecule has 3 nitrogen and oxygen atoms in total. The molecule has 0 aliphatic carbocycles. The molecule has 0 amide bonds. The van der Waals surface area contributed by atoms with E-state index in [1.165, 1.54) is 11.3 Å². The van der Waals surface area contributed by atoms with Crippen LogP contribution in [0.5, 0.6) is 0 Å². The van der Waals surface area contributed by atoms with Gasteiger partial charge >= 0.3 is 0 Å². The number of nitrogens with zero attached hydrogens (tertiary/aromatic N) is 1. The monoisotopic (exact) mass is 222 g/mol. The second-order valence-electron chi connectivity index (χ2n) is 4.14. The first-order valence-corrected chi connectivity index (χ1v) is 5.71. The van der Waals surface area contributed by atoms with E-state index in [1.54, 1.807) is 7.11 Å². The Hall–Kier alpha value is -1.22. The molecule has 1 aromatic rings. The Morgan fingerprint density at radius 3 is 2.62 bits per heavy atom. The summed E-state index contributed by atoms with van der Waals surface area (Å²) in [5.41, 5.74) is 9.03. The third kappa shape index (κ3) is 2.89. The smallest absolute Gasteiger partial charge is 0.0663 e. The number of nitrogen functional groups attached to an aromatic ring is 1. The van der Waals surface area contributed by atoms with Crippen molar-refractivity contribution in [2.75, 3.05) is 30.9 Å². The van der Waals surface area contributed by atoms with Crippen molar-refractivity contribution in [3.8, 4) is 0 Å². The van der Waals surface area contributed by atoms with Gasteiger partial charge in [0.15, 0.2) is 0 Å². The molecule has 0 saturated heterocycles. The third-order valence-electron chi connectivity index (χ3n) is 2.81. The summed E-state index contributed by atoms with van der Waals surface area (Å²) >= 11 is 0. The van der Waals surface area contributed by atoms with E-state index in [-0.39, 0.29) is 0 Å². The van der Waals surface area contributed by atoms with Crippen molar-refractivity contribution >= 4 is 11.4 Å². The Balaban J connectivity index is 2.94. The van der Waals surface area contributed by atoms with E-state index in [0.717, 1.165) is 18.8 Å². The largest absolute Gasteiger partial charge is 0.399 e. The highest BCUT2D eigenvalue weighted by atomic mass is 16.5. The first-order valence-electron chi connectivity index (χ1n) is 5.71. The molecule has 1 unspecified atom stereocenters. The Bertz CT molecular complexity index is 339. The number of ether oxygens (including phenoxy) is 1. The summed E-state index contributed by atoms with van der Waals surface area (Å²) in [6.07, 6.45) is 0. The van der Waals surface area contributed by atoms with Crippen molar-refractivity contribution in [1.29, 1.82) is 0 Å². The number of hydrogen-bond donors (Lipinski definition) is 1. The van der Waals surface area contributed by atoms with E-state index in [1.807, 2.05) is 12.1 Å². The fourth-order valence-corrected chi connectivity index (χ4v) is 2.05. The van der Waals surface area contributed by atoms with Crippen LogP contribution in [0.3, 0.4) is 0 Å². The van der Waals surface area contributed by atoms with Gasteiger partial charge in [0.2, 0.25) is 0 Å². The molecule has 0 spiro atoms. The van der Waals surface area contributed by atoms with Gasteiger partial charge in [0.1, 0.15) is 0 Å². The molecule has 16 heavy (non-hydrogen) atoms. The lowest BCUT2D eigenvalue weighted by Gasteiger charge is -2.31. The number of hydrogen-bond acceptors (Lipinski definition) is 3. The molecule has 0 heterocycles. The molecule has 0 bridgehead atoms. The molecule has 0 aliphatic heterocycles. The summed E-state index contributed by atoms with van der Waals surface area (Å²) in [5, 5.41) is 0. The van der Waals surface area contributed by atoms with Crippen LogP contribution in [-0.2, 0) is 4.74 Å². The summed E-state index contributed by atoms with van der Waals surface area (Å²) in [7, 11) is 1.74. The maximum absolute atomic E-state index is 5.76. The van der Waals surface area contributed by atoms with E-state index in [0.29, 0.717) is 6.04 Å². The minimum absolute atomic E-state index is 0.373. The van der Waals surface area contributed by atoms with Crippen molar-refractivity contribution in [2.45, 2.75) is 26.8 Å². The molecule has 3 heteroatoms. The lowest BCUT2D eigenvalue weighted by Crippen LogP contribution is -2.36. The van der Waals surface area contributed by atoms with Gasteiger partial charge in [-0.3, -0.25) is 0 Å². The minimum Gasteiger partial charge on any atom is -0.399 e. The Kier molecular flexibility index (Phi) is 4.62. The first-order chi connectivity index (χ1) is 7.60. The van der Waals surface area contributed by atoms with Crippen LogP contribution in [0.25, 0.3) is 0 Å². The van der Waals surface area contributed by atoms with Crippen molar-refractivity contribution in [3.05, 3.63) is 23.8 Å². The van der Waals surface area contributed by atoms with Crippen LogP contribution >= 0.6 is 0 Å². The number of methoxy groups -OCH3 is 1. The molecule has 1 atom stereocenters. The Labute approximate surface area is 98.2 Å². The molecular weight excluding hydrogens is 200 g/mol. The normalized spacial score (nSPS) is 12.5. The van der Waals surface area contributed by atoms with Gasteiger partial charge in [-0.2, -0.15) is 0 Å². The zero-order valence-corrected chi connectivity index (χ0v) is 10.7. The molecule has 1 rings (SSSR count). The van der Waals surface area contributed by atoms with Crippen molar-refractivity contribution in [3.63, 3.8) is 0 Å². The lowest BCUT2D eigenvalue weighted by atomic mass is 10.1. The number of rotatable bonds is 5. The van der Waals surface area contributed by atoms with Crippen LogP contribution in [0.4, 0.5) is 11.4 Å². The van der Waals surface area contributed by atoms with E-state index < -0.39 is 0 Å². The van der Waals surface area contributed by atoms with Crippen LogP contribution in [0.2, 0.25) is 0 Å². The number of anilines is 2. The van der Waals surface area contributed by atoms with Gasteiger partial charge in [0.25, 0.3) is 0 Å². The van der Waals surface area contributed by atoms with Crippen LogP contribution < -0.4 is 10.6 Å². The molecule has 0 aliphatic rings. The van der Waals surface area contributed by atoms with Gasteiger partial charge in [-0.25, -0.2) is 0 Å². The van der Waals surface area contributed by atoms with Crippen LogP contribution in [0.1, 0.15) is 19.4 Å². The number of benzene rings is 1. The third-order valence-corrected chi connectivity index (χ3v) is 2.81. The first kappa shape index (κ1) is 12.8. The van der Waals surface area contributed by atoms with Crippen LogP contribution in [0, 0.1) is 6.92 Å². The summed E-state index contributed by atoms with van der Waals surface area (Å²) in [6.45, 7) is 8.12. The SMILES string of the molecule is CCN(c1ccc(N)cc1C)C(C)COC. The van der Waals surface area contributed by atoms with Gasteiger partial charge in [-0.05, 0) is 44.5 Å². The summed E-state index contributed by atoms with van der Waals surface area (Å²) < 4.78 is 5.21. The molecule has 0 saturated carbocycles. The lowest BCUT2D eigenvalue weighted by molar-refractivity contribution is 0.182. The molecular formula is C13H22N2O. The van der Waals surface area contributed by atoms with Gasteiger partial charge in [0, 0.05) is 31.1 Å². The highest BCUT2D eigenvalue weighted by Gasteiger charge is 2.14. The molecule has 0 radical (unpaired) electrons. The standard InChI is InChI=1S/C13H22N2O/c1-5-15(11(3)9-16-4)13-7-6-12(14)8-10(13)2/h6-8,11H,5,9,14H2,1-4H3. The maximum Gasteiger partial charge on any atom is 0.0663 e. The second-order valence-corrected chi connectivity index (χ2v) is 4.14. The van der Waals surface area contributed by atoms with Gasteiger partial charge < -0.3 is 15.4 Å². The number of nitrogens with two attached hydrogens (primary N) is 1. The average Bonchev–Trinajstić information content (AvgIpc) is 2.22. The summed E-state index contributed by atoms with van der Waals surface area (Å²) in [6, 6.07) is 6.42. The van der Waals surface area contributed by atoms with E-state index in [4.69, 9.17) is 10.5 Å². The van der Waals surface area contributed by atoms with Gasteiger partial charge in [-0.15, -0.1) is 0 Å². The highest BCUT2D eigenvalue weighted by molar-refractivity contribution is 5.59. The second kappa shape index (κ2) is 5.75. The quantitative estimate of drug-likeness (QED) is 0.778. The molecule has 0 aromatic heterocycles. The van der Waals surface area contributed by atoms with Crippen LogP contribution in [0.15, 0.2) is 18.2 Å². The highest BCUT2D eigenvalue weighted by Crippen LogP contribution is 2.24. The fourth-order valence-electron chi connectivity index (χ4n) is 2.05.